The van der Waals surface area contributed by atoms with Crippen LogP contribution in [0.3, 0.4) is 0 Å². The summed E-state index contributed by atoms with van der Waals surface area (Å²) in [6.07, 6.45) is 0.0473. The third kappa shape index (κ3) is 4.84. The molecule has 0 spiro atoms. The van der Waals surface area contributed by atoms with Gasteiger partial charge in [-0.1, -0.05) is 12.1 Å². The highest BCUT2D eigenvalue weighted by atomic mass is 16.5. The predicted octanol–water partition coefficient (Wildman–Crippen LogP) is 0.130. The molecule has 1 aromatic carbocycles. The van der Waals surface area contributed by atoms with Crippen molar-refractivity contribution in [2.24, 2.45) is 0 Å². The van der Waals surface area contributed by atoms with Crippen LogP contribution in [0, 0.1) is 6.92 Å². The number of carbonyl (C=O) groups excluding carboxylic acids is 2. The lowest BCUT2D eigenvalue weighted by atomic mass is 10.1. The van der Waals surface area contributed by atoms with Crippen LogP contribution < -0.4 is 15.4 Å². The summed E-state index contributed by atoms with van der Waals surface area (Å²) < 4.78 is 5.49. The maximum Gasteiger partial charge on any atom is 0.243 e. The number of rotatable bonds is 6. The molecule has 114 valence electrons. The van der Waals surface area contributed by atoms with Crippen LogP contribution in [-0.4, -0.2) is 42.2 Å². The standard InChI is InChI=1S/C15H20N2O4/c1-10-3-2-4-12(7-10)21-9-11(18)8-16-13-5-6-14(19)17-15(13)20/h2-4,7,11,13,16,18H,5-6,8-9H2,1H3,(H,17,19,20). The molecule has 0 saturated carbocycles. The van der Waals surface area contributed by atoms with E-state index in [1.54, 1.807) is 0 Å². The van der Waals surface area contributed by atoms with Crippen LogP contribution in [0.2, 0.25) is 0 Å². The lowest BCUT2D eigenvalue weighted by Crippen LogP contribution is -2.52. The molecule has 0 aliphatic carbocycles. The summed E-state index contributed by atoms with van der Waals surface area (Å²) in [7, 11) is 0. The van der Waals surface area contributed by atoms with Crippen LogP contribution in [0.15, 0.2) is 24.3 Å². The van der Waals surface area contributed by atoms with Gasteiger partial charge < -0.3 is 15.2 Å². The summed E-state index contributed by atoms with van der Waals surface area (Å²) in [5, 5.41) is 15.1. The van der Waals surface area contributed by atoms with Crippen molar-refractivity contribution in [1.29, 1.82) is 0 Å². The summed E-state index contributed by atoms with van der Waals surface area (Å²) in [5.41, 5.74) is 1.09. The monoisotopic (exact) mass is 292 g/mol. The van der Waals surface area contributed by atoms with E-state index in [1.165, 1.54) is 0 Å². The lowest BCUT2D eigenvalue weighted by Gasteiger charge is -2.23. The zero-order valence-corrected chi connectivity index (χ0v) is 12.0. The van der Waals surface area contributed by atoms with Crippen LogP contribution >= 0.6 is 0 Å². The van der Waals surface area contributed by atoms with Crippen molar-refractivity contribution in [3.8, 4) is 5.75 Å². The zero-order chi connectivity index (χ0) is 15.2. The van der Waals surface area contributed by atoms with Crippen LogP contribution in [0.4, 0.5) is 0 Å². The number of amides is 2. The Kier molecular flexibility index (Phi) is 5.30. The van der Waals surface area contributed by atoms with Crippen molar-refractivity contribution in [2.75, 3.05) is 13.2 Å². The first kappa shape index (κ1) is 15.5. The van der Waals surface area contributed by atoms with Gasteiger partial charge in [0, 0.05) is 13.0 Å². The minimum absolute atomic E-state index is 0.143. The fourth-order valence-corrected chi connectivity index (χ4v) is 2.12. The first-order valence-electron chi connectivity index (χ1n) is 6.99. The first-order chi connectivity index (χ1) is 10.0. The van der Waals surface area contributed by atoms with Crippen molar-refractivity contribution in [2.45, 2.75) is 31.9 Å². The van der Waals surface area contributed by atoms with Crippen LogP contribution in [0.25, 0.3) is 0 Å². The fraction of sp³-hybridized carbons (Fsp3) is 0.467. The topological polar surface area (TPSA) is 87.7 Å². The Morgan fingerprint density at radius 2 is 2.29 bits per heavy atom. The second kappa shape index (κ2) is 7.19. The van der Waals surface area contributed by atoms with E-state index in [0.29, 0.717) is 18.6 Å². The van der Waals surface area contributed by atoms with Gasteiger partial charge in [0.05, 0.1) is 6.04 Å². The summed E-state index contributed by atoms with van der Waals surface area (Å²) >= 11 is 0. The molecule has 0 aromatic heterocycles. The molecule has 3 N–H and O–H groups in total. The first-order valence-corrected chi connectivity index (χ1v) is 6.99. The number of aliphatic hydroxyl groups excluding tert-OH is 1. The SMILES string of the molecule is Cc1cccc(OCC(O)CNC2CCC(=O)NC2=O)c1. The number of benzene rings is 1. The molecule has 1 aliphatic rings. The molecule has 2 atom stereocenters. The summed E-state index contributed by atoms with van der Waals surface area (Å²) in [6, 6.07) is 7.14. The van der Waals surface area contributed by atoms with Crippen LogP contribution in [-0.2, 0) is 9.59 Å². The molecule has 1 saturated heterocycles. The van der Waals surface area contributed by atoms with Crippen molar-refractivity contribution in [3.05, 3.63) is 29.8 Å². The number of aryl methyl sites for hydroxylation is 1. The van der Waals surface area contributed by atoms with E-state index in [9.17, 15) is 14.7 Å². The number of hydrogen-bond donors (Lipinski definition) is 3. The van der Waals surface area contributed by atoms with E-state index in [4.69, 9.17) is 4.74 Å². The number of carbonyl (C=O) groups is 2. The largest absolute Gasteiger partial charge is 0.491 e. The Hall–Kier alpha value is -1.92. The quantitative estimate of drug-likeness (QED) is 0.649. The summed E-state index contributed by atoms with van der Waals surface area (Å²) in [5.74, 6) is 0.120. The molecule has 1 aromatic rings. The van der Waals surface area contributed by atoms with Gasteiger partial charge in [-0.2, -0.15) is 0 Å². The predicted molar refractivity (Wildman–Crippen MR) is 76.9 cm³/mol. The minimum atomic E-state index is -0.726. The Morgan fingerprint density at radius 1 is 1.48 bits per heavy atom. The fourth-order valence-electron chi connectivity index (χ4n) is 2.12. The highest BCUT2D eigenvalue weighted by molar-refractivity contribution is 6.00. The second-order valence-corrected chi connectivity index (χ2v) is 5.19. The maximum absolute atomic E-state index is 11.5. The van der Waals surface area contributed by atoms with E-state index in [2.05, 4.69) is 10.6 Å². The van der Waals surface area contributed by atoms with E-state index in [-0.39, 0.29) is 25.0 Å². The van der Waals surface area contributed by atoms with Gasteiger partial charge in [0.25, 0.3) is 0 Å². The van der Waals surface area contributed by atoms with E-state index in [0.717, 1.165) is 5.56 Å². The van der Waals surface area contributed by atoms with Crippen molar-refractivity contribution in [3.63, 3.8) is 0 Å². The second-order valence-electron chi connectivity index (χ2n) is 5.19. The van der Waals surface area contributed by atoms with Gasteiger partial charge in [0.15, 0.2) is 0 Å². The number of piperidine rings is 1. The Balaban J connectivity index is 1.71. The zero-order valence-electron chi connectivity index (χ0n) is 12.0. The number of imide groups is 1. The van der Waals surface area contributed by atoms with Crippen LogP contribution in [0.1, 0.15) is 18.4 Å². The van der Waals surface area contributed by atoms with Crippen LogP contribution in [0.5, 0.6) is 5.75 Å². The van der Waals surface area contributed by atoms with Gasteiger partial charge in [-0.25, -0.2) is 0 Å². The molecule has 6 nitrogen and oxygen atoms in total. The molecule has 0 radical (unpaired) electrons. The minimum Gasteiger partial charge on any atom is -0.491 e. The van der Waals surface area contributed by atoms with Crippen molar-refractivity contribution < 1.29 is 19.4 Å². The smallest absolute Gasteiger partial charge is 0.243 e. The molecule has 21 heavy (non-hydrogen) atoms. The molecule has 2 amide bonds. The van der Waals surface area contributed by atoms with Crippen molar-refractivity contribution in [1.82, 2.24) is 10.6 Å². The average Bonchev–Trinajstić information content (AvgIpc) is 2.44. The molecular weight excluding hydrogens is 272 g/mol. The Bertz CT molecular complexity index is 518. The normalized spacial score (nSPS) is 20.0. The average molecular weight is 292 g/mol. The highest BCUT2D eigenvalue weighted by Crippen LogP contribution is 2.12. The van der Waals surface area contributed by atoms with Gasteiger partial charge in [0.1, 0.15) is 18.5 Å². The lowest BCUT2D eigenvalue weighted by molar-refractivity contribution is -0.134. The molecular formula is C15H20N2O4. The number of aliphatic hydroxyl groups is 1. The van der Waals surface area contributed by atoms with Crippen molar-refractivity contribution >= 4 is 11.8 Å². The Labute approximate surface area is 123 Å². The summed E-state index contributed by atoms with van der Waals surface area (Å²) in [6.45, 7) is 2.34. The third-order valence-corrected chi connectivity index (χ3v) is 3.27. The number of nitrogens with one attached hydrogen (secondary N) is 2. The Morgan fingerprint density at radius 3 is 3.00 bits per heavy atom. The maximum atomic E-state index is 11.5. The van der Waals surface area contributed by atoms with Gasteiger partial charge in [0.2, 0.25) is 11.8 Å². The van der Waals surface area contributed by atoms with Gasteiger partial charge in [-0.3, -0.25) is 14.9 Å². The molecule has 0 bridgehead atoms. The van der Waals surface area contributed by atoms with Gasteiger partial charge in [-0.05, 0) is 31.0 Å². The molecule has 2 unspecified atom stereocenters. The van der Waals surface area contributed by atoms with Gasteiger partial charge in [-0.15, -0.1) is 0 Å². The molecule has 1 fully saturated rings. The number of hydrogen-bond acceptors (Lipinski definition) is 5. The van der Waals surface area contributed by atoms with E-state index < -0.39 is 12.1 Å². The molecule has 1 aliphatic heterocycles. The number of ether oxygens (including phenoxy) is 1. The highest BCUT2D eigenvalue weighted by Gasteiger charge is 2.26. The molecule has 2 rings (SSSR count). The summed E-state index contributed by atoms with van der Waals surface area (Å²) in [4.78, 5) is 22.5. The molecule has 6 heteroatoms. The van der Waals surface area contributed by atoms with E-state index >= 15 is 0 Å². The molecule has 1 heterocycles. The third-order valence-electron chi connectivity index (χ3n) is 3.27. The van der Waals surface area contributed by atoms with E-state index in [1.807, 2.05) is 31.2 Å². The van der Waals surface area contributed by atoms with Gasteiger partial charge >= 0.3 is 0 Å².